The number of amides is 1. The Labute approximate surface area is 161 Å². The number of ether oxygens (including phenoxy) is 1. The molecule has 0 spiro atoms. The van der Waals surface area contributed by atoms with Crippen molar-refractivity contribution in [2.45, 2.75) is 24.9 Å². The van der Waals surface area contributed by atoms with Crippen LogP contribution in [0.3, 0.4) is 0 Å². The van der Waals surface area contributed by atoms with Crippen molar-refractivity contribution in [3.63, 3.8) is 0 Å². The van der Waals surface area contributed by atoms with Crippen molar-refractivity contribution < 1.29 is 18.7 Å². The van der Waals surface area contributed by atoms with Gasteiger partial charge in [0.2, 0.25) is 5.91 Å². The lowest BCUT2D eigenvalue weighted by molar-refractivity contribution is -0.154. The molecule has 1 fully saturated rings. The first kappa shape index (κ1) is 17.8. The highest BCUT2D eigenvalue weighted by molar-refractivity contribution is 7.99. The molecule has 0 saturated carbocycles. The molecule has 1 aliphatic rings. The van der Waals surface area contributed by atoms with Crippen LogP contribution in [0.15, 0.2) is 45.3 Å². The molecule has 0 aromatic carbocycles. The second kappa shape index (κ2) is 7.20. The van der Waals surface area contributed by atoms with Crippen LogP contribution in [0.1, 0.15) is 23.8 Å². The molecule has 1 amide bonds. The zero-order valence-electron chi connectivity index (χ0n) is 14.2. The van der Waals surface area contributed by atoms with E-state index in [1.165, 1.54) is 51.7 Å². The molecule has 0 unspecified atom stereocenters. The molecule has 1 saturated heterocycles. The number of carbonyl (C=O) groups excluding carboxylic acids is 2. The van der Waals surface area contributed by atoms with E-state index in [2.05, 4.69) is 4.98 Å². The molecule has 1 aliphatic heterocycles. The third kappa shape index (κ3) is 3.37. The summed E-state index contributed by atoms with van der Waals surface area (Å²) in [5.41, 5.74) is 0.144. The molecule has 3 aromatic rings. The van der Waals surface area contributed by atoms with Crippen molar-refractivity contribution in [3.05, 3.63) is 57.8 Å². The summed E-state index contributed by atoms with van der Waals surface area (Å²) in [5, 5.41) is 1.40. The number of aromatic nitrogens is 2. The highest BCUT2D eigenvalue weighted by atomic mass is 32.2. The van der Waals surface area contributed by atoms with Gasteiger partial charge in [-0.3, -0.25) is 14.0 Å². The standard InChI is InChI=1S/C17H15N3O5S2/c1-10(21)20-12(9-27-15(20)13-3-2-5-24-13)16(23)25-8-11-7-14(22)19-4-6-26-17(19)18-11/h2-7,12,15H,8-9H2,1H3/t12-,15-/m1/s1. The van der Waals surface area contributed by atoms with Gasteiger partial charge >= 0.3 is 5.97 Å². The van der Waals surface area contributed by atoms with Gasteiger partial charge in [-0.05, 0) is 12.1 Å². The molecule has 0 aliphatic carbocycles. The van der Waals surface area contributed by atoms with Crippen LogP contribution in [0.2, 0.25) is 0 Å². The summed E-state index contributed by atoms with van der Waals surface area (Å²) in [6.07, 6.45) is 3.17. The van der Waals surface area contributed by atoms with Crippen LogP contribution < -0.4 is 5.56 Å². The van der Waals surface area contributed by atoms with Crippen molar-refractivity contribution >= 4 is 39.9 Å². The molecule has 0 radical (unpaired) electrons. The fourth-order valence-electron chi connectivity index (χ4n) is 2.93. The lowest BCUT2D eigenvalue weighted by Gasteiger charge is -2.25. The van der Waals surface area contributed by atoms with Crippen molar-refractivity contribution in [3.8, 4) is 0 Å². The Bertz CT molecular complexity index is 1040. The number of carbonyl (C=O) groups is 2. The van der Waals surface area contributed by atoms with Gasteiger partial charge in [0.25, 0.3) is 5.56 Å². The maximum absolute atomic E-state index is 12.6. The lowest BCUT2D eigenvalue weighted by Crippen LogP contribution is -2.42. The molecule has 10 heteroatoms. The summed E-state index contributed by atoms with van der Waals surface area (Å²) in [6.45, 7) is 1.29. The maximum Gasteiger partial charge on any atom is 0.330 e. The average Bonchev–Trinajstić information content (AvgIpc) is 3.38. The summed E-state index contributed by atoms with van der Waals surface area (Å²) in [5.74, 6) is 0.257. The van der Waals surface area contributed by atoms with Gasteiger partial charge < -0.3 is 14.1 Å². The second-order valence-corrected chi connectivity index (χ2v) is 7.88. The van der Waals surface area contributed by atoms with E-state index in [0.717, 1.165) is 0 Å². The minimum absolute atomic E-state index is 0.124. The van der Waals surface area contributed by atoms with E-state index < -0.39 is 12.0 Å². The minimum atomic E-state index is -0.714. The number of rotatable bonds is 4. The zero-order valence-corrected chi connectivity index (χ0v) is 15.9. The van der Waals surface area contributed by atoms with Gasteiger partial charge in [-0.25, -0.2) is 9.78 Å². The van der Waals surface area contributed by atoms with Crippen molar-refractivity contribution in [2.24, 2.45) is 0 Å². The number of hydrogen-bond acceptors (Lipinski definition) is 8. The zero-order chi connectivity index (χ0) is 19.0. The monoisotopic (exact) mass is 405 g/mol. The Morgan fingerprint density at radius 1 is 1.44 bits per heavy atom. The van der Waals surface area contributed by atoms with E-state index in [9.17, 15) is 14.4 Å². The van der Waals surface area contributed by atoms with E-state index in [-0.39, 0.29) is 23.4 Å². The number of thiazole rings is 1. The fourth-order valence-corrected chi connectivity index (χ4v) is 5.08. The summed E-state index contributed by atoms with van der Waals surface area (Å²) in [7, 11) is 0. The van der Waals surface area contributed by atoms with Crippen LogP contribution in [0.25, 0.3) is 4.96 Å². The molecule has 3 aromatic heterocycles. The van der Waals surface area contributed by atoms with Gasteiger partial charge in [0.15, 0.2) is 4.96 Å². The number of esters is 1. The smallest absolute Gasteiger partial charge is 0.330 e. The quantitative estimate of drug-likeness (QED) is 0.613. The molecule has 27 heavy (non-hydrogen) atoms. The Morgan fingerprint density at radius 3 is 3.04 bits per heavy atom. The Balaban J connectivity index is 1.48. The molecule has 2 atom stereocenters. The first-order valence-corrected chi connectivity index (χ1v) is 10.0. The summed E-state index contributed by atoms with van der Waals surface area (Å²) < 4.78 is 12.2. The van der Waals surface area contributed by atoms with Gasteiger partial charge in [0.1, 0.15) is 23.8 Å². The van der Waals surface area contributed by atoms with E-state index in [1.807, 2.05) is 0 Å². The highest BCUT2D eigenvalue weighted by Gasteiger charge is 2.43. The molecule has 0 bridgehead atoms. The van der Waals surface area contributed by atoms with Gasteiger partial charge in [-0.1, -0.05) is 0 Å². The topological polar surface area (TPSA) is 94.1 Å². The fraction of sp³-hybridized carbons (Fsp3) is 0.294. The van der Waals surface area contributed by atoms with Crippen molar-refractivity contribution in [1.29, 1.82) is 0 Å². The third-order valence-corrected chi connectivity index (χ3v) is 6.18. The van der Waals surface area contributed by atoms with Gasteiger partial charge in [-0.2, -0.15) is 0 Å². The predicted octanol–water partition coefficient (Wildman–Crippen LogP) is 2.05. The van der Waals surface area contributed by atoms with Crippen LogP contribution in [-0.2, 0) is 20.9 Å². The molecule has 0 N–H and O–H groups in total. The van der Waals surface area contributed by atoms with Crippen LogP contribution in [0, 0.1) is 0 Å². The predicted molar refractivity (Wildman–Crippen MR) is 99.4 cm³/mol. The second-order valence-electron chi connectivity index (χ2n) is 5.89. The third-order valence-electron chi connectivity index (χ3n) is 4.14. The Hall–Kier alpha value is -2.59. The SMILES string of the molecule is CC(=O)N1[C@@H](C(=O)OCc2cc(=O)n3ccsc3n2)CS[C@@H]1c1ccco1. The molecule has 140 valence electrons. The van der Waals surface area contributed by atoms with Crippen molar-refractivity contribution in [1.82, 2.24) is 14.3 Å². The Kier molecular flexibility index (Phi) is 4.75. The van der Waals surface area contributed by atoms with Gasteiger partial charge in [-0.15, -0.1) is 23.1 Å². The molecule has 4 rings (SSSR count). The van der Waals surface area contributed by atoms with E-state index in [0.29, 0.717) is 22.2 Å². The number of nitrogens with zero attached hydrogens (tertiary/aromatic N) is 3. The summed E-state index contributed by atoms with van der Waals surface area (Å²) in [4.78, 5) is 43.0. The van der Waals surface area contributed by atoms with Crippen molar-refractivity contribution in [2.75, 3.05) is 5.75 Å². The van der Waals surface area contributed by atoms with Crippen LogP contribution in [-0.4, -0.2) is 38.0 Å². The molecule has 4 heterocycles. The molecular formula is C17H15N3O5S2. The highest BCUT2D eigenvalue weighted by Crippen LogP contribution is 2.41. The number of thioether (sulfide) groups is 1. The van der Waals surface area contributed by atoms with Gasteiger partial charge in [0.05, 0.1) is 12.0 Å². The Morgan fingerprint density at radius 2 is 2.30 bits per heavy atom. The first-order valence-electron chi connectivity index (χ1n) is 8.11. The minimum Gasteiger partial charge on any atom is -0.466 e. The summed E-state index contributed by atoms with van der Waals surface area (Å²) >= 11 is 2.77. The van der Waals surface area contributed by atoms with E-state index >= 15 is 0 Å². The normalized spacial score (nSPS) is 19.5. The molecular weight excluding hydrogens is 390 g/mol. The number of fused-ring (bicyclic) bond motifs is 1. The molecule has 8 nitrogen and oxygen atoms in total. The first-order chi connectivity index (χ1) is 13.0. The number of furan rings is 1. The maximum atomic E-state index is 12.6. The van der Waals surface area contributed by atoms with E-state index in [4.69, 9.17) is 9.15 Å². The van der Waals surface area contributed by atoms with E-state index in [1.54, 1.807) is 23.7 Å². The van der Waals surface area contributed by atoms with Crippen LogP contribution in [0.5, 0.6) is 0 Å². The van der Waals surface area contributed by atoms with Crippen LogP contribution >= 0.6 is 23.1 Å². The van der Waals surface area contributed by atoms with Crippen LogP contribution in [0.4, 0.5) is 0 Å². The summed E-state index contributed by atoms with van der Waals surface area (Å²) in [6, 6.07) is 4.14. The largest absolute Gasteiger partial charge is 0.466 e. The average molecular weight is 405 g/mol. The van der Waals surface area contributed by atoms with Gasteiger partial charge in [0, 0.05) is 30.3 Å². The number of hydrogen-bond donors (Lipinski definition) is 0. The lowest BCUT2D eigenvalue weighted by atomic mass is 10.2.